The molecular formula is C13H20ClN3O3S. The van der Waals surface area contributed by atoms with Gasteiger partial charge in [-0.2, -0.15) is 4.31 Å². The van der Waals surface area contributed by atoms with Gasteiger partial charge in [-0.1, -0.05) is 6.07 Å². The fraction of sp³-hybridized carbons (Fsp3) is 0.462. The maximum absolute atomic E-state index is 12.5. The van der Waals surface area contributed by atoms with Crippen LogP contribution in [0.5, 0.6) is 0 Å². The van der Waals surface area contributed by atoms with Crippen molar-refractivity contribution in [3.8, 4) is 0 Å². The lowest BCUT2D eigenvalue weighted by Crippen LogP contribution is -2.33. The number of carbonyl (C=O) groups excluding carboxylic acids is 1. The van der Waals surface area contributed by atoms with E-state index in [9.17, 15) is 13.2 Å². The Morgan fingerprint density at radius 3 is 2.62 bits per heavy atom. The summed E-state index contributed by atoms with van der Waals surface area (Å²) >= 11 is 0. The summed E-state index contributed by atoms with van der Waals surface area (Å²) in [4.78, 5) is 11.4. The zero-order valence-electron chi connectivity index (χ0n) is 12.0. The van der Waals surface area contributed by atoms with Gasteiger partial charge in [-0.05, 0) is 38.1 Å². The normalized spacial score (nSPS) is 19.2. The Bertz CT molecular complexity index is 634. The number of primary amides is 1. The lowest BCUT2D eigenvalue weighted by molar-refractivity contribution is 0.0999. The van der Waals surface area contributed by atoms with Crippen LogP contribution in [-0.2, 0) is 10.0 Å². The van der Waals surface area contributed by atoms with Gasteiger partial charge in [-0.3, -0.25) is 4.79 Å². The highest BCUT2D eigenvalue weighted by molar-refractivity contribution is 7.89. The van der Waals surface area contributed by atoms with Crippen molar-refractivity contribution in [3.05, 3.63) is 29.3 Å². The van der Waals surface area contributed by atoms with Crippen LogP contribution in [0, 0.1) is 6.92 Å². The number of aryl methyl sites for hydroxylation is 1. The molecule has 6 nitrogen and oxygen atoms in total. The number of nitrogens with one attached hydrogen (secondary N) is 1. The molecule has 118 valence electrons. The summed E-state index contributed by atoms with van der Waals surface area (Å²) in [7, 11) is -1.75. The maximum Gasteiger partial charge on any atom is 0.249 e. The number of sulfonamides is 1. The van der Waals surface area contributed by atoms with Gasteiger partial charge in [0.2, 0.25) is 15.9 Å². The minimum Gasteiger partial charge on any atom is -0.366 e. The van der Waals surface area contributed by atoms with E-state index in [0.717, 1.165) is 6.42 Å². The van der Waals surface area contributed by atoms with E-state index in [2.05, 4.69) is 5.32 Å². The lowest BCUT2D eigenvalue weighted by Gasteiger charge is -2.17. The second kappa shape index (κ2) is 6.74. The van der Waals surface area contributed by atoms with Crippen molar-refractivity contribution < 1.29 is 13.2 Å². The molecule has 1 aromatic carbocycles. The van der Waals surface area contributed by atoms with Crippen LogP contribution in [0.25, 0.3) is 0 Å². The van der Waals surface area contributed by atoms with Crippen molar-refractivity contribution in [1.29, 1.82) is 0 Å². The van der Waals surface area contributed by atoms with Gasteiger partial charge >= 0.3 is 0 Å². The monoisotopic (exact) mass is 333 g/mol. The van der Waals surface area contributed by atoms with Gasteiger partial charge in [0.15, 0.2) is 0 Å². The molecule has 1 heterocycles. The Kier molecular flexibility index (Phi) is 5.75. The van der Waals surface area contributed by atoms with Crippen LogP contribution in [0.2, 0.25) is 0 Å². The summed E-state index contributed by atoms with van der Waals surface area (Å²) in [5.74, 6) is -0.617. The molecule has 1 amide bonds. The van der Waals surface area contributed by atoms with E-state index in [1.165, 1.54) is 16.4 Å². The Hall–Kier alpha value is -1.15. The van der Waals surface area contributed by atoms with Gasteiger partial charge < -0.3 is 11.1 Å². The van der Waals surface area contributed by atoms with Crippen molar-refractivity contribution in [2.45, 2.75) is 24.3 Å². The summed E-state index contributed by atoms with van der Waals surface area (Å²) in [5.41, 5.74) is 6.18. The van der Waals surface area contributed by atoms with Crippen LogP contribution in [0.15, 0.2) is 23.1 Å². The van der Waals surface area contributed by atoms with Gasteiger partial charge in [0.05, 0.1) is 4.90 Å². The molecule has 3 N–H and O–H groups in total. The first kappa shape index (κ1) is 17.9. The molecular weight excluding hydrogens is 314 g/mol. The largest absolute Gasteiger partial charge is 0.366 e. The predicted molar refractivity (Wildman–Crippen MR) is 83.2 cm³/mol. The van der Waals surface area contributed by atoms with Crippen molar-refractivity contribution in [2.24, 2.45) is 5.73 Å². The van der Waals surface area contributed by atoms with Crippen LogP contribution in [0.4, 0.5) is 0 Å². The first-order valence-electron chi connectivity index (χ1n) is 6.44. The number of nitrogens with two attached hydrogens (primary N) is 1. The minimum atomic E-state index is -3.57. The van der Waals surface area contributed by atoms with Crippen LogP contribution in [-0.4, -0.2) is 44.8 Å². The number of nitrogens with zero attached hydrogens (tertiary/aromatic N) is 1. The zero-order valence-corrected chi connectivity index (χ0v) is 13.6. The molecule has 0 aliphatic carbocycles. The molecule has 1 saturated heterocycles. The number of rotatable bonds is 4. The molecule has 0 bridgehead atoms. The quantitative estimate of drug-likeness (QED) is 0.839. The summed E-state index contributed by atoms with van der Waals surface area (Å²) in [6, 6.07) is 4.66. The van der Waals surface area contributed by atoms with Gasteiger partial charge in [0.25, 0.3) is 0 Å². The molecule has 0 saturated carbocycles. The molecule has 2 rings (SSSR count). The molecule has 0 aromatic heterocycles. The second-order valence-electron chi connectivity index (χ2n) is 4.98. The summed E-state index contributed by atoms with van der Waals surface area (Å²) in [6.45, 7) is 2.65. The number of benzene rings is 1. The lowest BCUT2D eigenvalue weighted by atomic mass is 10.1. The molecule has 1 unspecified atom stereocenters. The van der Waals surface area contributed by atoms with Crippen molar-refractivity contribution >= 4 is 28.3 Å². The van der Waals surface area contributed by atoms with E-state index in [4.69, 9.17) is 5.73 Å². The molecule has 1 aromatic rings. The minimum absolute atomic E-state index is 0. The molecule has 1 aliphatic heterocycles. The molecule has 0 spiro atoms. The fourth-order valence-corrected chi connectivity index (χ4v) is 3.89. The summed E-state index contributed by atoms with van der Waals surface area (Å²) < 4.78 is 26.5. The number of halogens is 1. The molecule has 21 heavy (non-hydrogen) atoms. The highest BCUT2D eigenvalue weighted by Gasteiger charge is 2.32. The van der Waals surface area contributed by atoms with Crippen LogP contribution in [0.1, 0.15) is 22.3 Å². The Balaban J connectivity index is 0.00000220. The molecule has 1 aliphatic rings. The van der Waals surface area contributed by atoms with E-state index in [0.29, 0.717) is 18.7 Å². The predicted octanol–water partition coefficient (Wildman–Crippen LogP) is 0.498. The summed E-state index contributed by atoms with van der Waals surface area (Å²) in [5, 5.41) is 3.08. The second-order valence-corrected chi connectivity index (χ2v) is 6.92. The number of hydrogen-bond acceptors (Lipinski definition) is 4. The van der Waals surface area contributed by atoms with Crippen LogP contribution < -0.4 is 11.1 Å². The first-order chi connectivity index (χ1) is 9.36. The molecule has 1 fully saturated rings. The van der Waals surface area contributed by atoms with Crippen LogP contribution >= 0.6 is 12.4 Å². The summed E-state index contributed by atoms with van der Waals surface area (Å²) in [6.07, 6.45) is 0.782. The average Bonchev–Trinajstić information content (AvgIpc) is 2.88. The molecule has 0 radical (unpaired) electrons. The van der Waals surface area contributed by atoms with E-state index in [1.54, 1.807) is 13.0 Å². The van der Waals surface area contributed by atoms with E-state index < -0.39 is 15.9 Å². The average molecular weight is 334 g/mol. The van der Waals surface area contributed by atoms with Gasteiger partial charge in [0.1, 0.15) is 0 Å². The van der Waals surface area contributed by atoms with Crippen molar-refractivity contribution in [3.63, 3.8) is 0 Å². The smallest absolute Gasteiger partial charge is 0.249 e. The Morgan fingerprint density at radius 1 is 1.43 bits per heavy atom. The standard InChI is InChI=1S/C13H19N3O3S.ClH/c1-9-3-4-11(7-12(9)13(14)17)20(18,19)16-6-5-10(8-16)15-2;/h3-4,7,10,15H,5-6,8H2,1-2H3,(H2,14,17);1H. The number of amides is 1. The molecule has 8 heteroatoms. The topological polar surface area (TPSA) is 92.5 Å². The number of hydrogen-bond donors (Lipinski definition) is 2. The van der Waals surface area contributed by atoms with Gasteiger partial charge in [-0.25, -0.2) is 8.42 Å². The Morgan fingerprint density at radius 2 is 2.10 bits per heavy atom. The van der Waals surface area contributed by atoms with E-state index in [-0.39, 0.29) is 28.9 Å². The van der Waals surface area contributed by atoms with Crippen molar-refractivity contribution in [2.75, 3.05) is 20.1 Å². The third-order valence-corrected chi connectivity index (χ3v) is 5.53. The van der Waals surface area contributed by atoms with Crippen LogP contribution in [0.3, 0.4) is 0 Å². The maximum atomic E-state index is 12.5. The highest BCUT2D eigenvalue weighted by Crippen LogP contribution is 2.23. The van der Waals surface area contributed by atoms with Crippen molar-refractivity contribution in [1.82, 2.24) is 9.62 Å². The third-order valence-electron chi connectivity index (χ3n) is 3.67. The van der Waals surface area contributed by atoms with E-state index in [1.807, 2.05) is 7.05 Å². The zero-order chi connectivity index (χ0) is 14.9. The third kappa shape index (κ3) is 3.55. The number of likely N-dealkylation sites (N-methyl/N-ethyl adjacent to an activating group) is 1. The fourth-order valence-electron chi connectivity index (χ4n) is 2.36. The molecule has 1 atom stereocenters. The Labute approximate surface area is 131 Å². The van der Waals surface area contributed by atoms with E-state index >= 15 is 0 Å². The van der Waals surface area contributed by atoms with Gasteiger partial charge in [0, 0.05) is 24.7 Å². The van der Waals surface area contributed by atoms with Gasteiger partial charge in [-0.15, -0.1) is 12.4 Å². The highest BCUT2D eigenvalue weighted by atomic mass is 35.5. The SMILES string of the molecule is CNC1CCN(S(=O)(=O)c2ccc(C)c(C(N)=O)c2)C1.Cl. The first-order valence-corrected chi connectivity index (χ1v) is 7.88. The number of carbonyl (C=O) groups is 1.